The lowest BCUT2D eigenvalue weighted by molar-refractivity contribution is -0.385. The molecule has 0 aromatic carbocycles. The maximum atomic E-state index is 11.9. The van der Waals surface area contributed by atoms with Crippen LogP contribution in [0.5, 0.6) is 0 Å². The summed E-state index contributed by atoms with van der Waals surface area (Å²) in [6, 6.07) is 4.03. The molecule has 0 saturated carbocycles. The van der Waals surface area contributed by atoms with Gasteiger partial charge in [-0.2, -0.15) is 18.4 Å². The van der Waals surface area contributed by atoms with E-state index in [1.165, 1.54) is 6.07 Å². The maximum absolute atomic E-state index is 11.9. The van der Waals surface area contributed by atoms with E-state index in [2.05, 4.69) is 10.3 Å². The SMILES string of the molecule is N#Cc1nc(NCCCCC(F)(F)F)ccc1[N+](=O)[O-]. The van der Waals surface area contributed by atoms with Crippen molar-refractivity contribution in [1.29, 1.82) is 5.26 Å². The van der Waals surface area contributed by atoms with Crippen LogP contribution in [0.15, 0.2) is 12.1 Å². The van der Waals surface area contributed by atoms with Crippen LogP contribution in [0.4, 0.5) is 24.7 Å². The molecule has 0 aliphatic rings. The summed E-state index contributed by atoms with van der Waals surface area (Å²) < 4.78 is 35.7. The van der Waals surface area contributed by atoms with Crippen molar-refractivity contribution in [3.05, 3.63) is 27.9 Å². The molecule has 0 radical (unpaired) electrons. The molecule has 1 rings (SSSR count). The lowest BCUT2D eigenvalue weighted by Gasteiger charge is -2.07. The molecule has 0 bridgehead atoms. The van der Waals surface area contributed by atoms with E-state index in [0.29, 0.717) is 0 Å². The summed E-state index contributed by atoms with van der Waals surface area (Å²) >= 11 is 0. The minimum Gasteiger partial charge on any atom is -0.370 e. The van der Waals surface area contributed by atoms with Gasteiger partial charge in [-0.25, -0.2) is 4.98 Å². The van der Waals surface area contributed by atoms with Crippen molar-refractivity contribution in [2.45, 2.75) is 25.4 Å². The first-order chi connectivity index (χ1) is 9.33. The van der Waals surface area contributed by atoms with Crippen LogP contribution in [-0.2, 0) is 0 Å². The minimum absolute atomic E-state index is 0.0193. The number of pyridine rings is 1. The summed E-state index contributed by atoms with van der Waals surface area (Å²) in [5, 5.41) is 22.0. The second-order valence-electron chi connectivity index (χ2n) is 3.93. The zero-order chi connectivity index (χ0) is 15.2. The number of nitrogens with zero attached hydrogens (tertiary/aromatic N) is 3. The Kier molecular flexibility index (Phi) is 5.25. The van der Waals surface area contributed by atoms with Gasteiger partial charge in [0, 0.05) is 19.0 Å². The van der Waals surface area contributed by atoms with Gasteiger partial charge in [0.1, 0.15) is 11.9 Å². The minimum atomic E-state index is -4.17. The average molecular weight is 288 g/mol. The molecule has 1 aromatic rings. The summed E-state index contributed by atoms with van der Waals surface area (Å²) in [7, 11) is 0. The molecule has 0 saturated heterocycles. The average Bonchev–Trinajstić information content (AvgIpc) is 2.36. The van der Waals surface area contributed by atoms with Gasteiger partial charge in [0.15, 0.2) is 0 Å². The Morgan fingerprint density at radius 1 is 1.40 bits per heavy atom. The molecule has 0 amide bonds. The number of halogens is 3. The van der Waals surface area contributed by atoms with Gasteiger partial charge < -0.3 is 5.32 Å². The summed E-state index contributed by atoms with van der Waals surface area (Å²) in [6.45, 7) is 0.242. The van der Waals surface area contributed by atoms with Gasteiger partial charge in [-0.3, -0.25) is 10.1 Å². The van der Waals surface area contributed by atoms with E-state index in [-0.39, 0.29) is 30.9 Å². The first-order valence-corrected chi connectivity index (χ1v) is 5.69. The Morgan fingerprint density at radius 2 is 2.10 bits per heavy atom. The predicted octanol–water partition coefficient (Wildman–Crippen LogP) is 3.01. The first-order valence-electron chi connectivity index (χ1n) is 5.69. The molecule has 1 N–H and O–H groups in total. The number of nitro groups is 1. The molecular weight excluding hydrogens is 277 g/mol. The van der Waals surface area contributed by atoms with E-state index >= 15 is 0 Å². The molecule has 20 heavy (non-hydrogen) atoms. The normalized spacial score (nSPS) is 10.9. The van der Waals surface area contributed by atoms with Crippen molar-refractivity contribution in [2.24, 2.45) is 0 Å². The van der Waals surface area contributed by atoms with E-state index in [1.54, 1.807) is 6.07 Å². The fraction of sp³-hybridized carbons (Fsp3) is 0.455. The van der Waals surface area contributed by atoms with Gasteiger partial charge in [-0.05, 0) is 18.9 Å². The smallest absolute Gasteiger partial charge is 0.370 e. The van der Waals surface area contributed by atoms with Crippen LogP contribution < -0.4 is 5.32 Å². The van der Waals surface area contributed by atoms with Gasteiger partial charge >= 0.3 is 11.9 Å². The highest BCUT2D eigenvalue weighted by Gasteiger charge is 2.25. The summed E-state index contributed by atoms with van der Waals surface area (Å²) in [6.07, 6.45) is -4.76. The molecule has 1 heterocycles. The van der Waals surface area contributed by atoms with Crippen molar-refractivity contribution in [1.82, 2.24) is 4.98 Å². The quantitative estimate of drug-likeness (QED) is 0.493. The van der Waals surface area contributed by atoms with E-state index in [9.17, 15) is 23.3 Å². The van der Waals surface area contributed by atoms with Gasteiger partial charge in [0.25, 0.3) is 0 Å². The highest BCUT2D eigenvalue weighted by molar-refractivity contribution is 5.50. The van der Waals surface area contributed by atoms with Crippen molar-refractivity contribution in [2.75, 3.05) is 11.9 Å². The van der Waals surface area contributed by atoms with Crippen LogP contribution in [0.2, 0.25) is 0 Å². The number of unbranched alkanes of at least 4 members (excludes halogenated alkanes) is 1. The van der Waals surface area contributed by atoms with Crippen molar-refractivity contribution >= 4 is 11.5 Å². The van der Waals surface area contributed by atoms with Crippen LogP contribution in [0.1, 0.15) is 25.0 Å². The Morgan fingerprint density at radius 3 is 2.65 bits per heavy atom. The van der Waals surface area contributed by atoms with E-state index in [4.69, 9.17) is 5.26 Å². The fourth-order valence-corrected chi connectivity index (χ4v) is 1.45. The van der Waals surface area contributed by atoms with Crippen LogP contribution in [0.3, 0.4) is 0 Å². The van der Waals surface area contributed by atoms with Crippen LogP contribution in [0.25, 0.3) is 0 Å². The zero-order valence-corrected chi connectivity index (χ0v) is 10.3. The molecule has 0 unspecified atom stereocenters. The highest BCUT2D eigenvalue weighted by Crippen LogP contribution is 2.22. The number of aromatic nitrogens is 1. The van der Waals surface area contributed by atoms with Crippen LogP contribution >= 0.6 is 0 Å². The molecule has 6 nitrogen and oxygen atoms in total. The number of hydrogen-bond donors (Lipinski definition) is 1. The molecule has 9 heteroatoms. The zero-order valence-electron chi connectivity index (χ0n) is 10.3. The van der Waals surface area contributed by atoms with Gasteiger partial charge in [-0.15, -0.1) is 0 Å². The topological polar surface area (TPSA) is 91.8 Å². The molecule has 1 aromatic heterocycles. The Bertz CT molecular complexity index is 525. The standard InChI is InChI=1S/C11H11F3N4O2/c12-11(13,14)5-1-2-6-16-10-4-3-9(18(19)20)8(7-15)17-10/h3-4H,1-2,5-6H2,(H,16,17). The Labute approximate surface area is 112 Å². The third-order valence-corrected chi connectivity index (χ3v) is 2.37. The second-order valence-corrected chi connectivity index (χ2v) is 3.93. The second kappa shape index (κ2) is 6.70. The molecule has 0 aliphatic heterocycles. The molecular formula is C11H11F3N4O2. The Balaban J connectivity index is 2.50. The molecule has 108 valence electrons. The number of anilines is 1. The van der Waals surface area contributed by atoms with E-state index in [1.807, 2.05) is 0 Å². The summed E-state index contributed by atoms with van der Waals surface area (Å²) in [4.78, 5) is 13.6. The Hall–Kier alpha value is -2.37. The van der Waals surface area contributed by atoms with Crippen LogP contribution in [-0.4, -0.2) is 22.6 Å². The maximum Gasteiger partial charge on any atom is 0.389 e. The summed E-state index contributed by atoms with van der Waals surface area (Å²) in [5.74, 6) is 0.221. The fourth-order valence-electron chi connectivity index (χ4n) is 1.45. The monoisotopic (exact) mass is 288 g/mol. The van der Waals surface area contributed by atoms with Gasteiger partial charge in [0.2, 0.25) is 5.69 Å². The predicted molar refractivity (Wildman–Crippen MR) is 64.0 cm³/mol. The molecule has 0 spiro atoms. The molecule has 0 atom stereocenters. The van der Waals surface area contributed by atoms with E-state index < -0.39 is 23.2 Å². The van der Waals surface area contributed by atoms with Crippen molar-refractivity contribution in [3.63, 3.8) is 0 Å². The largest absolute Gasteiger partial charge is 0.389 e. The van der Waals surface area contributed by atoms with Gasteiger partial charge in [0.05, 0.1) is 4.92 Å². The third kappa shape index (κ3) is 5.09. The third-order valence-electron chi connectivity index (χ3n) is 2.37. The van der Waals surface area contributed by atoms with Crippen LogP contribution in [0, 0.1) is 21.4 Å². The number of rotatable bonds is 6. The number of hydrogen-bond acceptors (Lipinski definition) is 5. The first kappa shape index (κ1) is 15.7. The number of nitrogens with one attached hydrogen (secondary N) is 1. The summed E-state index contributed by atoms with van der Waals surface area (Å²) in [5.41, 5.74) is -0.745. The van der Waals surface area contributed by atoms with E-state index in [0.717, 1.165) is 6.07 Å². The molecule has 0 fully saturated rings. The lowest BCUT2D eigenvalue weighted by atomic mass is 10.2. The number of alkyl halides is 3. The molecule has 0 aliphatic carbocycles. The highest BCUT2D eigenvalue weighted by atomic mass is 19.4. The van der Waals surface area contributed by atoms with Crippen molar-refractivity contribution < 1.29 is 18.1 Å². The van der Waals surface area contributed by atoms with Gasteiger partial charge in [-0.1, -0.05) is 0 Å². The lowest BCUT2D eigenvalue weighted by Crippen LogP contribution is -2.09. The number of nitriles is 1. The van der Waals surface area contributed by atoms with Crippen molar-refractivity contribution in [3.8, 4) is 6.07 Å².